The van der Waals surface area contributed by atoms with Crippen LogP contribution in [0.15, 0.2) is 30.3 Å². The zero-order valence-corrected chi connectivity index (χ0v) is 18.4. The van der Waals surface area contributed by atoms with Crippen LogP contribution in [-0.4, -0.2) is 21.9 Å². The van der Waals surface area contributed by atoms with E-state index in [1.807, 2.05) is 30.3 Å². The highest BCUT2D eigenvalue weighted by atomic mass is 35.5. The van der Waals surface area contributed by atoms with Gasteiger partial charge in [0.1, 0.15) is 0 Å². The smallest absolute Gasteiger partial charge is 0.182 e. The summed E-state index contributed by atoms with van der Waals surface area (Å²) in [4.78, 5) is 0. The van der Waals surface area contributed by atoms with Crippen LogP contribution in [0.3, 0.4) is 0 Å². The van der Waals surface area contributed by atoms with Crippen molar-refractivity contribution in [2.75, 3.05) is 6.16 Å². The van der Waals surface area contributed by atoms with Crippen LogP contribution in [0, 0.1) is 0 Å². The van der Waals surface area contributed by atoms with Crippen molar-refractivity contribution in [3.63, 3.8) is 0 Å². The molecule has 26 heavy (non-hydrogen) atoms. The van der Waals surface area contributed by atoms with Gasteiger partial charge in [0.25, 0.3) is 0 Å². The van der Waals surface area contributed by atoms with Gasteiger partial charge in [-0.2, -0.15) is 0 Å². The second-order valence-electron chi connectivity index (χ2n) is 7.29. The Morgan fingerprint density at radius 1 is 0.731 bits per heavy atom. The van der Waals surface area contributed by atoms with Crippen LogP contribution >= 0.6 is 21.0 Å². The molecule has 1 rings (SSSR count). The molecule has 4 heteroatoms. The monoisotopic (exact) mass is 402 g/mol. The molecule has 0 aliphatic carbocycles. The number of hydrogen-bond donors (Lipinski definition) is 2. The molecule has 1 aromatic rings. The van der Waals surface area contributed by atoms with Gasteiger partial charge < -0.3 is 10.2 Å². The van der Waals surface area contributed by atoms with Gasteiger partial charge >= 0.3 is 0 Å². The Labute approximate surface area is 169 Å². The Morgan fingerprint density at radius 2 is 1.19 bits per heavy atom. The molecule has 0 saturated heterocycles. The molecule has 0 aliphatic heterocycles. The SMILES string of the molecule is CCCCCCCCCCCCCCPC(O)(O)Cc1ccccc1.Cl. The second kappa shape index (κ2) is 17.0. The van der Waals surface area contributed by atoms with E-state index in [0.717, 1.165) is 18.1 Å². The molecule has 0 fully saturated rings. The molecule has 0 amide bonds. The van der Waals surface area contributed by atoms with Crippen molar-refractivity contribution in [3.8, 4) is 0 Å². The van der Waals surface area contributed by atoms with Gasteiger partial charge in [-0.05, 0) is 18.1 Å². The van der Waals surface area contributed by atoms with Crippen LogP contribution in [0.2, 0.25) is 0 Å². The largest absolute Gasteiger partial charge is 0.362 e. The Morgan fingerprint density at radius 3 is 1.69 bits per heavy atom. The lowest BCUT2D eigenvalue weighted by molar-refractivity contribution is -0.0781. The lowest BCUT2D eigenvalue weighted by Gasteiger charge is -2.21. The summed E-state index contributed by atoms with van der Waals surface area (Å²) in [5, 5.41) is 20.2. The number of unbranched alkanes of at least 4 members (excludes halogenated alkanes) is 11. The van der Waals surface area contributed by atoms with E-state index in [2.05, 4.69) is 6.92 Å². The van der Waals surface area contributed by atoms with Crippen LogP contribution < -0.4 is 0 Å². The number of aliphatic hydroxyl groups is 2. The second-order valence-corrected chi connectivity index (χ2v) is 8.95. The highest BCUT2D eigenvalue weighted by Crippen LogP contribution is 2.31. The zero-order chi connectivity index (χ0) is 18.2. The summed E-state index contributed by atoms with van der Waals surface area (Å²) >= 11 is 0. The quantitative estimate of drug-likeness (QED) is 0.184. The lowest BCUT2D eigenvalue weighted by Crippen LogP contribution is -2.25. The lowest BCUT2D eigenvalue weighted by atomic mass is 10.1. The van der Waals surface area contributed by atoms with Crippen molar-refractivity contribution in [1.82, 2.24) is 0 Å². The average Bonchev–Trinajstić information content (AvgIpc) is 2.59. The predicted molar refractivity (Wildman–Crippen MR) is 119 cm³/mol. The zero-order valence-electron chi connectivity index (χ0n) is 16.6. The van der Waals surface area contributed by atoms with E-state index >= 15 is 0 Å². The minimum Gasteiger partial charge on any atom is -0.362 e. The Balaban J connectivity index is 0.00000625. The maximum atomic E-state index is 10.1. The molecule has 0 bridgehead atoms. The molecule has 1 aromatic carbocycles. The third kappa shape index (κ3) is 15.0. The van der Waals surface area contributed by atoms with E-state index in [-0.39, 0.29) is 21.0 Å². The first-order chi connectivity index (χ1) is 12.1. The molecule has 0 heterocycles. The Kier molecular flexibility index (Phi) is 16.9. The van der Waals surface area contributed by atoms with Crippen molar-refractivity contribution < 1.29 is 10.2 Å². The molecule has 0 aromatic heterocycles. The molecule has 2 N–H and O–H groups in total. The molecular formula is C22H40ClO2P. The van der Waals surface area contributed by atoms with Gasteiger partial charge in [0.05, 0.1) is 0 Å². The molecule has 1 atom stereocenters. The maximum Gasteiger partial charge on any atom is 0.182 e. The summed E-state index contributed by atoms with van der Waals surface area (Å²) in [5.41, 5.74) is -0.534. The third-order valence-electron chi connectivity index (χ3n) is 4.73. The summed E-state index contributed by atoms with van der Waals surface area (Å²) in [6.45, 7) is 2.27. The first kappa shape index (κ1) is 25.9. The van der Waals surface area contributed by atoms with Gasteiger partial charge in [0.2, 0.25) is 0 Å². The van der Waals surface area contributed by atoms with Crippen molar-refractivity contribution in [2.45, 2.75) is 95.9 Å². The fourth-order valence-electron chi connectivity index (χ4n) is 3.20. The average molecular weight is 403 g/mol. The standard InChI is InChI=1S/C22H39O2P.ClH/c1-2-3-4-5-6-7-8-9-10-11-12-16-19-25-22(23,24)20-21-17-14-13-15-18-21;/h13-15,17-18,23-25H,2-12,16,19-20H2,1H3;1H. The van der Waals surface area contributed by atoms with Gasteiger partial charge in [-0.1, -0.05) is 116 Å². The maximum absolute atomic E-state index is 10.1. The number of hydrogen-bond acceptors (Lipinski definition) is 2. The van der Waals surface area contributed by atoms with Crippen LogP contribution in [0.5, 0.6) is 0 Å². The fraction of sp³-hybridized carbons (Fsp3) is 0.727. The number of halogens is 1. The van der Waals surface area contributed by atoms with Crippen LogP contribution in [0.1, 0.15) is 89.5 Å². The molecule has 0 spiro atoms. The van der Waals surface area contributed by atoms with E-state index in [0.29, 0.717) is 6.42 Å². The summed E-state index contributed by atoms with van der Waals surface area (Å²) < 4.78 is 0. The molecule has 1 unspecified atom stereocenters. The molecular weight excluding hydrogens is 363 g/mol. The molecule has 2 nitrogen and oxygen atoms in total. The number of benzene rings is 1. The summed E-state index contributed by atoms with van der Waals surface area (Å²) in [7, 11) is 0.207. The van der Waals surface area contributed by atoms with Crippen LogP contribution in [0.4, 0.5) is 0 Å². The minimum absolute atomic E-state index is 0. The van der Waals surface area contributed by atoms with Gasteiger partial charge in [-0.15, -0.1) is 12.4 Å². The highest BCUT2D eigenvalue weighted by molar-refractivity contribution is 7.39. The highest BCUT2D eigenvalue weighted by Gasteiger charge is 2.22. The molecule has 0 saturated carbocycles. The summed E-state index contributed by atoms with van der Waals surface area (Å²) in [6, 6.07) is 9.75. The molecule has 0 radical (unpaired) electrons. The summed E-state index contributed by atoms with van der Waals surface area (Å²) in [6.07, 6.45) is 17.4. The predicted octanol–water partition coefficient (Wildman–Crippen LogP) is 6.67. The Hall–Kier alpha value is -0.140. The normalized spacial score (nSPS) is 11.8. The van der Waals surface area contributed by atoms with Crippen molar-refractivity contribution >= 4 is 21.0 Å². The van der Waals surface area contributed by atoms with Gasteiger partial charge in [-0.3, -0.25) is 0 Å². The van der Waals surface area contributed by atoms with E-state index < -0.39 is 5.53 Å². The topological polar surface area (TPSA) is 40.5 Å². The van der Waals surface area contributed by atoms with Crippen LogP contribution in [0.25, 0.3) is 0 Å². The van der Waals surface area contributed by atoms with Crippen molar-refractivity contribution in [3.05, 3.63) is 35.9 Å². The van der Waals surface area contributed by atoms with E-state index in [1.165, 1.54) is 70.6 Å². The fourth-order valence-corrected chi connectivity index (χ4v) is 4.35. The molecule has 0 aliphatic rings. The molecule has 152 valence electrons. The Bertz CT molecular complexity index is 412. The first-order valence-corrected chi connectivity index (χ1v) is 11.6. The van der Waals surface area contributed by atoms with Gasteiger partial charge in [0.15, 0.2) is 5.53 Å². The number of rotatable bonds is 16. The minimum atomic E-state index is -1.53. The van der Waals surface area contributed by atoms with Gasteiger partial charge in [-0.25, -0.2) is 0 Å². The van der Waals surface area contributed by atoms with E-state index in [4.69, 9.17) is 0 Å². The van der Waals surface area contributed by atoms with E-state index in [9.17, 15) is 10.2 Å². The summed E-state index contributed by atoms with van der Waals surface area (Å²) in [5.74, 6) is 0. The van der Waals surface area contributed by atoms with E-state index in [1.54, 1.807) is 0 Å². The van der Waals surface area contributed by atoms with Gasteiger partial charge in [0, 0.05) is 6.42 Å². The third-order valence-corrected chi connectivity index (χ3v) is 6.08. The van der Waals surface area contributed by atoms with Crippen molar-refractivity contribution in [1.29, 1.82) is 0 Å². The first-order valence-electron chi connectivity index (χ1n) is 10.4. The van der Waals surface area contributed by atoms with Crippen LogP contribution in [-0.2, 0) is 6.42 Å². The van der Waals surface area contributed by atoms with Crippen molar-refractivity contribution in [2.24, 2.45) is 0 Å².